The molecule has 0 aromatic heterocycles. The molecular formula is C42H28. The molecule has 0 spiro atoms. The smallest absolute Gasteiger partial charge is 0.0622 e. The van der Waals surface area contributed by atoms with Crippen LogP contribution in [0.15, 0.2) is 170 Å². The van der Waals surface area contributed by atoms with Gasteiger partial charge in [-0.05, 0) is 76.8 Å². The third-order valence-corrected chi connectivity index (χ3v) is 7.62. The average molecular weight is 546 g/mol. The van der Waals surface area contributed by atoms with Crippen LogP contribution in [0.3, 0.4) is 0 Å². The van der Waals surface area contributed by atoms with Crippen molar-refractivity contribution in [2.75, 3.05) is 0 Å². The Bertz CT molecular complexity index is 2830. The summed E-state index contributed by atoms with van der Waals surface area (Å²) in [4.78, 5) is 0. The summed E-state index contributed by atoms with van der Waals surface area (Å²) in [5, 5.41) is 1.35. The summed E-state index contributed by atoms with van der Waals surface area (Å²) in [5.74, 6) is 0. The van der Waals surface area contributed by atoms with Gasteiger partial charge in [-0.2, -0.15) is 0 Å². The van der Waals surface area contributed by atoms with E-state index < -0.39 is 84.1 Å². The van der Waals surface area contributed by atoms with E-state index in [-0.39, 0.29) is 32.7 Å². The van der Waals surface area contributed by atoms with Crippen molar-refractivity contribution < 1.29 is 17.8 Å². The van der Waals surface area contributed by atoms with Crippen LogP contribution in [0.2, 0.25) is 0 Å². The molecule has 0 nitrogen and oxygen atoms in total. The minimum Gasteiger partial charge on any atom is -0.0622 e. The molecule has 0 radical (unpaired) electrons. The minimum absolute atomic E-state index is 0.0935. The lowest BCUT2D eigenvalue weighted by Gasteiger charge is -2.18. The number of hydrogen-bond acceptors (Lipinski definition) is 0. The Kier molecular flexibility index (Phi) is 3.50. The van der Waals surface area contributed by atoms with Gasteiger partial charge in [-0.15, -0.1) is 0 Å². The monoisotopic (exact) mass is 545 g/mol. The molecule has 196 valence electrons. The van der Waals surface area contributed by atoms with Gasteiger partial charge in [-0.25, -0.2) is 0 Å². The van der Waals surface area contributed by atoms with E-state index in [0.717, 1.165) is 33.0 Å². The second-order valence-corrected chi connectivity index (χ2v) is 9.90. The molecule has 0 amide bonds. The van der Waals surface area contributed by atoms with Crippen LogP contribution in [0.5, 0.6) is 0 Å². The Labute approximate surface area is 264 Å². The van der Waals surface area contributed by atoms with Crippen molar-refractivity contribution in [2.24, 2.45) is 0 Å². The van der Waals surface area contributed by atoms with Crippen LogP contribution in [-0.4, -0.2) is 0 Å². The van der Waals surface area contributed by atoms with Crippen molar-refractivity contribution in [3.8, 4) is 44.5 Å². The molecule has 0 aliphatic carbocycles. The van der Waals surface area contributed by atoms with Crippen molar-refractivity contribution in [1.29, 1.82) is 0 Å². The summed E-state index contributed by atoms with van der Waals surface area (Å²) in [6.07, 6.45) is 0. The first-order chi connectivity index (χ1) is 26.3. The van der Waals surface area contributed by atoms with Gasteiger partial charge in [-0.1, -0.05) is 170 Å². The third-order valence-electron chi connectivity index (χ3n) is 7.62. The fourth-order valence-corrected chi connectivity index (χ4v) is 5.78. The molecule has 42 heavy (non-hydrogen) atoms. The molecule has 8 rings (SSSR count). The van der Waals surface area contributed by atoms with Crippen molar-refractivity contribution in [3.63, 3.8) is 0 Å². The highest BCUT2D eigenvalue weighted by Crippen LogP contribution is 2.44. The predicted octanol–water partition coefficient (Wildman–Crippen LogP) is 11.8. The Hall–Kier alpha value is -5.46. The van der Waals surface area contributed by atoms with E-state index in [0.29, 0.717) is 5.56 Å². The third kappa shape index (κ3) is 4.00. The van der Waals surface area contributed by atoms with Gasteiger partial charge in [0.1, 0.15) is 0 Å². The maximum atomic E-state index is 9.17. The average Bonchev–Trinajstić information content (AvgIpc) is 3.21. The van der Waals surface area contributed by atoms with E-state index in [2.05, 4.69) is 24.3 Å². The molecule has 0 fully saturated rings. The molecule has 0 atom stereocenters. The highest BCUT2D eigenvalue weighted by Gasteiger charge is 2.16. The van der Waals surface area contributed by atoms with Gasteiger partial charge in [0.05, 0.1) is 17.8 Å². The van der Waals surface area contributed by atoms with Crippen molar-refractivity contribution in [2.45, 2.75) is 0 Å². The second-order valence-electron chi connectivity index (χ2n) is 9.90. The summed E-state index contributed by atoms with van der Waals surface area (Å²) >= 11 is 0. The zero-order chi connectivity index (χ0) is 39.2. The van der Waals surface area contributed by atoms with Gasteiger partial charge >= 0.3 is 0 Å². The van der Waals surface area contributed by atoms with Gasteiger partial charge in [0, 0.05) is 0 Å². The molecular weight excluding hydrogens is 504 g/mol. The molecule has 0 aliphatic heterocycles. The van der Waals surface area contributed by atoms with Crippen LogP contribution in [-0.2, 0) is 0 Å². The largest absolute Gasteiger partial charge is 0.0629 e. The molecule has 0 bridgehead atoms. The molecule has 0 saturated heterocycles. The Balaban J connectivity index is 1.49. The highest BCUT2D eigenvalue weighted by atomic mass is 14.2. The summed E-state index contributed by atoms with van der Waals surface area (Å²) in [6.45, 7) is 0. The molecule has 0 N–H and O–H groups in total. The first kappa shape index (κ1) is 14.4. The molecule has 8 aromatic carbocycles. The lowest BCUT2D eigenvalue weighted by atomic mass is 9.85. The van der Waals surface area contributed by atoms with E-state index in [1.54, 1.807) is 12.1 Å². The van der Waals surface area contributed by atoms with Gasteiger partial charge in [0.15, 0.2) is 0 Å². The first-order valence-electron chi connectivity index (χ1n) is 20.0. The Morgan fingerprint density at radius 3 is 1.21 bits per heavy atom. The van der Waals surface area contributed by atoms with Gasteiger partial charge in [-0.3, -0.25) is 0 Å². The maximum Gasteiger partial charge on any atom is 0.0629 e. The lowest BCUT2D eigenvalue weighted by molar-refractivity contribution is 1.62. The second kappa shape index (κ2) is 10.2. The van der Waals surface area contributed by atoms with E-state index in [4.69, 9.17) is 15.1 Å². The quantitative estimate of drug-likeness (QED) is 0.193. The molecule has 0 heteroatoms. The molecule has 8 aromatic rings. The Morgan fingerprint density at radius 2 is 0.690 bits per heavy atom. The zero-order valence-electron chi connectivity index (χ0n) is 35.2. The van der Waals surface area contributed by atoms with Gasteiger partial charge < -0.3 is 0 Å². The predicted molar refractivity (Wildman–Crippen MR) is 181 cm³/mol. The van der Waals surface area contributed by atoms with Crippen LogP contribution in [0.25, 0.3) is 76.8 Å². The fourth-order valence-electron chi connectivity index (χ4n) is 5.78. The molecule has 0 aliphatic rings. The number of benzene rings is 8. The highest BCUT2D eigenvalue weighted by molar-refractivity contribution is 6.21. The maximum absolute atomic E-state index is 9.17. The zero-order valence-corrected chi connectivity index (χ0v) is 22.2. The summed E-state index contributed by atoms with van der Waals surface area (Å²) in [5.41, 5.74) is 3.62. The van der Waals surface area contributed by atoms with E-state index >= 15 is 0 Å². The molecule has 0 heterocycles. The lowest BCUT2D eigenvalue weighted by Crippen LogP contribution is -1.91. The van der Waals surface area contributed by atoms with E-state index in [1.807, 2.05) is 54.6 Å². The Morgan fingerprint density at radius 1 is 0.286 bits per heavy atom. The number of rotatable bonds is 4. The van der Waals surface area contributed by atoms with Gasteiger partial charge in [0.2, 0.25) is 0 Å². The van der Waals surface area contributed by atoms with Gasteiger partial charge in [0.25, 0.3) is 0 Å². The topological polar surface area (TPSA) is 0 Å². The SMILES string of the molecule is [2H]c1c([2H])c([2H])c(-c2c3c([2H])c([2H])c([2H])c([2H])c3c(-c3ccc(-c4ccc(-c5ccccc5)c5ccccc45)cc3)c3c([2H])c([2H])c([2H])c([2H])c23)c([2H])c1[2H]. The van der Waals surface area contributed by atoms with Crippen LogP contribution >= 0.6 is 0 Å². The van der Waals surface area contributed by atoms with Crippen molar-refractivity contribution in [3.05, 3.63) is 170 Å². The summed E-state index contributed by atoms with van der Waals surface area (Å²) in [6, 6.07) is 21.2. The van der Waals surface area contributed by atoms with Crippen LogP contribution in [0.1, 0.15) is 17.8 Å². The van der Waals surface area contributed by atoms with Crippen LogP contribution in [0, 0.1) is 0 Å². The number of hydrogen-bond donors (Lipinski definition) is 0. The normalized spacial score (nSPS) is 15.7. The summed E-state index contributed by atoms with van der Waals surface area (Å²) in [7, 11) is 0. The minimum atomic E-state index is -0.706. The van der Waals surface area contributed by atoms with Crippen LogP contribution in [0.4, 0.5) is 0 Å². The number of fused-ring (bicyclic) bond motifs is 3. The van der Waals surface area contributed by atoms with E-state index in [9.17, 15) is 2.74 Å². The fraction of sp³-hybridized carbons (Fsp3) is 0. The first-order valence-corrected chi connectivity index (χ1v) is 13.5. The van der Waals surface area contributed by atoms with Crippen LogP contribution < -0.4 is 0 Å². The summed E-state index contributed by atoms with van der Waals surface area (Å²) < 4.78 is 114. The molecule has 0 unspecified atom stereocenters. The van der Waals surface area contributed by atoms with E-state index in [1.165, 1.54) is 0 Å². The van der Waals surface area contributed by atoms with Crippen molar-refractivity contribution in [1.82, 2.24) is 0 Å². The standard InChI is InChI=1S/C42H28/c1-3-13-29(14-4-1)33-27-28-34(36-18-8-7-17-35(33)36)30-23-25-32(26-24-30)42-39-21-11-9-19-37(39)41(31-15-5-2-6-16-31)38-20-10-12-22-40(38)42/h1-28H/i2D,5D,6D,9D,10D,11D,12D,15D,16D,19D,20D,21D,22D. The molecule has 0 saturated carbocycles. The van der Waals surface area contributed by atoms with Crippen molar-refractivity contribution >= 4 is 32.3 Å².